The fraction of sp³-hybridized carbons (Fsp3) is 0.300. The molecule has 5 heteroatoms. The number of carbonyl (C=O) groups excluding carboxylic acids is 1. The number of fused-ring (bicyclic) bond motifs is 1. The average Bonchev–Trinajstić information content (AvgIpc) is 2.91. The van der Waals surface area contributed by atoms with E-state index < -0.39 is 0 Å². The number of aryl methyl sites for hydroxylation is 3. The summed E-state index contributed by atoms with van der Waals surface area (Å²) < 4.78 is 3.28. The first-order chi connectivity index (χ1) is 11.9. The highest BCUT2D eigenvalue weighted by molar-refractivity contribution is 7.16. The first-order valence-corrected chi connectivity index (χ1v) is 9.19. The van der Waals surface area contributed by atoms with Gasteiger partial charge in [0.15, 0.2) is 4.80 Å². The molecule has 0 saturated carbocycles. The second-order valence-corrected chi connectivity index (χ2v) is 7.40. The molecule has 0 fully saturated rings. The van der Waals surface area contributed by atoms with Crippen LogP contribution in [0.3, 0.4) is 0 Å². The van der Waals surface area contributed by atoms with Crippen molar-refractivity contribution < 1.29 is 4.79 Å². The van der Waals surface area contributed by atoms with Gasteiger partial charge in [0.2, 0.25) is 0 Å². The number of hydrogen-bond donors (Lipinski definition) is 0. The van der Waals surface area contributed by atoms with Crippen LogP contribution in [0.2, 0.25) is 0 Å². The van der Waals surface area contributed by atoms with Crippen LogP contribution in [0.1, 0.15) is 28.4 Å². The summed E-state index contributed by atoms with van der Waals surface area (Å²) in [5, 5.41) is 0. The third-order valence-electron chi connectivity index (χ3n) is 4.44. The van der Waals surface area contributed by atoms with Crippen LogP contribution in [0.15, 0.2) is 41.4 Å². The van der Waals surface area contributed by atoms with Crippen molar-refractivity contribution in [3.63, 3.8) is 0 Å². The normalized spacial score (nSPS) is 12.0. The molecule has 3 aromatic rings. The first-order valence-electron chi connectivity index (χ1n) is 8.37. The zero-order chi connectivity index (χ0) is 18.1. The van der Waals surface area contributed by atoms with E-state index in [-0.39, 0.29) is 5.91 Å². The van der Waals surface area contributed by atoms with Gasteiger partial charge in [-0.05, 0) is 68.3 Å². The Balaban J connectivity index is 2.06. The molecule has 1 heterocycles. The number of rotatable bonds is 3. The molecule has 3 rings (SSSR count). The van der Waals surface area contributed by atoms with Crippen molar-refractivity contribution in [1.29, 1.82) is 0 Å². The molecule has 2 aromatic carbocycles. The molecule has 0 radical (unpaired) electrons. The Morgan fingerprint density at radius 2 is 1.76 bits per heavy atom. The lowest BCUT2D eigenvalue weighted by molar-refractivity contribution is 0.0998. The van der Waals surface area contributed by atoms with Crippen LogP contribution in [-0.4, -0.2) is 24.6 Å². The molecule has 1 aromatic heterocycles. The molecule has 4 nitrogen and oxygen atoms in total. The lowest BCUT2D eigenvalue weighted by atomic mass is 10.1. The van der Waals surface area contributed by atoms with E-state index in [2.05, 4.69) is 42.5 Å². The van der Waals surface area contributed by atoms with E-state index in [0.717, 1.165) is 22.6 Å². The van der Waals surface area contributed by atoms with Crippen LogP contribution < -0.4 is 9.70 Å². The Morgan fingerprint density at radius 3 is 2.36 bits per heavy atom. The van der Waals surface area contributed by atoms with Gasteiger partial charge in [0.1, 0.15) is 0 Å². The number of carbonyl (C=O) groups is 1. The van der Waals surface area contributed by atoms with E-state index in [0.29, 0.717) is 5.56 Å². The number of nitrogens with zero attached hydrogens (tertiary/aromatic N) is 3. The second kappa shape index (κ2) is 6.84. The molecule has 1 amide bonds. The molecular formula is C20H23N3OS. The lowest BCUT2D eigenvalue weighted by Crippen LogP contribution is -2.16. The Bertz CT molecular complexity index is 994. The minimum absolute atomic E-state index is 0.201. The Kier molecular flexibility index (Phi) is 4.77. The van der Waals surface area contributed by atoms with E-state index in [1.54, 1.807) is 11.3 Å². The Hall–Kier alpha value is -2.40. The lowest BCUT2D eigenvalue weighted by Gasteiger charge is -2.11. The van der Waals surface area contributed by atoms with Gasteiger partial charge in [0.25, 0.3) is 5.91 Å². The molecule has 0 bridgehead atoms. The van der Waals surface area contributed by atoms with Crippen LogP contribution in [-0.2, 0) is 6.54 Å². The fourth-order valence-corrected chi connectivity index (χ4v) is 3.94. The number of amides is 1. The standard InChI is InChI=1S/C20H23N3OS/c1-6-23-17-11-13(2)14(3)12-18(17)25-20(23)21-19(24)15-7-9-16(10-8-15)22(4)5/h7-12H,6H2,1-5H3. The van der Waals surface area contributed by atoms with Crippen molar-refractivity contribution in [3.8, 4) is 0 Å². The van der Waals surface area contributed by atoms with E-state index in [9.17, 15) is 4.79 Å². The quantitative estimate of drug-likeness (QED) is 0.709. The molecule has 0 atom stereocenters. The summed E-state index contributed by atoms with van der Waals surface area (Å²) in [6, 6.07) is 11.9. The highest BCUT2D eigenvalue weighted by Gasteiger charge is 2.10. The van der Waals surface area contributed by atoms with Gasteiger partial charge in [-0.2, -0.15) is 4.99 Å². The molecule has 0 aliphatic heterocycles. The van der Waals surface area contributed by atoms with Gasteiger partial charge < -0.3 is 9.47 Å². The first kappa shape index (κ1) is 17.4. The molecule has 0 spiro atoms. The van der Waals surface area contributed by atoms with Crippen molar-refractivity contribution in [2.45, 2.75) is 27.3 Å². The fourth-order valence-electron chi connectivity index (χ4n) is 2.77. The maximum absolute atomic E-state index is 12.6. The number of thiazole rings is 1. The van der Waals surface area contributed by atoms with Crippen LogP contribution in [0, 0.1) is 13.8 Å². The summed E-state index contributed by atoms with van der Waals surface area (Å²) in [5.74, 6) is -0.201. The predicted octanol–water partition coefficient (Wildman–Crippen LogP) is 4.15. The third kappa shape index (κ3) is 3.37. The molecule has 0 unspecified atom stereocenters. The van der Waals surface area contributed by atoms with E-state index in [4.69, 9.17) is 0 Å². The molecule has 0 aliphatic rings. The highest BCUT2D eigenvalue weighted by atomic mass is 32.1. The van der Waals surface area contributed by atoms with E-state index in [1.807, 2.05) is 43.3 Å². The number of benzene rings is 2. The van der Waals surface area contributed by atoms with Gasteiger partial charge in [-0.1, -0.05) is 11.3 Å². The smallest absolute Gasteiger partial charge is 0.279 e. The van der Waals surface area contributed by atoms with Gasteiger partial charge in [-0.25, -0.2) is 0 Å². The summed E-state index contributed by atoms with van der Waals surface area (Å²) in [7, 11) is 3.96. The maximum Gasteiger partial charge on any atom is 0.279 e. The number of aromatic nitrogens is 1. The minimum Gasteiger partial charge on any atom is -0.378 e. The van der Waals surface area contributed by atoms with Crippen molar-refractivity contribution in [2.75, 3.05) is 19.0 Å². The van der Waals surface area contributed by atoms with Crippen LogP contribution in [0.25, 0.3) is 10.2 Å². The summed E-state index contributed by atoms with van der Waals surface area (Å²) in [6.45, 7) is 7.09. The van der Waals surface area contributed by atoms with Crippen LogP contribution >= 0.6 is 11.3 Å². The Morgan fingerprint density at radius 1 is 1.12 bits per heavy atom. The molecule has 25 heavy (non-hydrogen) atoms. The van der Waals surface area contributed by atoms with Gasteiger partial charge in [-0.15, -0.1) is 0 Å². The topological polar surface area (TPSA) is 37.6 Å². The predicted molar refractivity (Wildman–Crippen MR) is 106 cm³/mol. The summed E-state index contributed by atoms with van der Waals surface area (Å²) in [4.78, 5) is 19.7. The van der Waals surface area contributed by atoms with Gasteiger partial charge >= 0.3 is 0 Å². The monoisotopic (exact) mass is 353 g/mol. The summed E-state index contributed by atoms with van der Waals surface area (Å²) >= 11 is 1.57. The SMILES string of the molecule is CCn1c(=NC(=O)c2ccc(N(C)C)cc2)sc2cc(C)c(C)cc21. The van der Waals surface area contributed by atoms with Crippen molar-refractivity contribution in [1.82, 2.24) is 4.57 Å². The number of anilines is 1. The van der Waals surface area contributed by atoms with Crippen molar-refractivity contribution >= 4 is 33.1 Å². The molecular weight excluding hydrogens is 330 g/mol. The van der Waals surface area contributed by atoms with E-state index in [1.165, 1.54) is 15.8 Å². The average molecular weight is 353 g/mol. The summed E-state index contributed by atoms with van der Waals surface area (Å²) in [5.41, 5.74) is 5.33. The van der Waals surface area contributed by atoms with Crippen LogP contribution in [0.5, 0.6) is 0 Å². The van der Waals surface area contributed by atoms with Crippen molar-refractivity contribution in [3.05, 3.63) is 57.9 Å². The zero-order valence-corrected chi connectivity index (χ0v) is 16.1. The van der Waals surface area contributed by atoms with Gasteiger partial charge in [0, 0.05) is 31.9 Å². The molecule has 0 N–H and O–H groups in total. The third-order valence-corrected chi connectivity index (χ3v) is 5.48. The molecule has 0 aliphatic carbocycles. The second-order valence-electron chi connectivity index (χ2n) is 6.39. The molecule has 0 saturated heterocycles. The largest absolute Gasteiger partial charge is 0.378 e. The zero-order valence-electron chi connectivity index (χ0n) is 15.3. The van der Waals surface area contributed by atoms with Gasteiger partial charge in [-0.3, -0.25) is 4.79 Å². The van der Waals surface area contributed by atoms with Crippen molar-refractivity contribution in [2.24, 2.45) is 4.99 Å². The Labute approximate surface area is 152 Å². The highest BCUT2D eigenvalue weighted by Crippen LogP contribution is 2.22. The minimum atomic E-state index is -0.201. The van der Waals surface area contributed by atoms with Gasteiger partial charge in [0.05, 0.1) is 10.2 Å². The van der Waals surface area contributed by atoms with Crippen LogP contribution in [0.4, 0.5) is 5.69 Å². The summed E-state index contributed by atoms with van der Waals surface area (Å²) in [6.07, 6.45) is 0. The van der Waals surface area contributed by atoms with E-state index >= 15 is 0 Å². The number of hydrogen-bond acceptors (Lipinski definition) is 3. The molecule has 130 valence electrons. The maximum atomic E-state index is 12.6.